The van der Waals surface area contributed by atoms with E-state index in [0.29, 0.717) is 17.4 Å². The summed E-state index contributed by atoms with van der Waals surface area (Å²) < 4.78 is 23.3. The number of halogens is 1. The molecule has 0 aliphatic carbocycles. The summed E-state index contributed by atoms with van der Waals surface area (Å²) in [5.41, 5.74) is 2.93. The van der Waals surface area contributed by atoms with Crippen LogP contribution >= 0.6 is 12.4 Å². The molecule has 2 aromatic rings. The van der Waals surface area contributed by atoms with E-state index < -0.39 is 9.84 Å². The molecular formula is C21H25ClN2O3S. The standard InChI is InChI=1S/C21H24N2O3S.ClH/c1-14-5-3-4-6-18(14)20-19-12-22-11-16(19)13-23(20)21(24)15-7-9-17(10-8-15)27(2,25)26;/h3-10,16,19-20,22H,11-13H2,1-2H3;1H/t16-,19-,20+;/m0./s1. The maximum Gasteiger partial charge on any atom is 0.254 e. The van der Waals surface area contributed by atoms with Crippen molar-refractivity contribution in [2.75, 3.05) is 25.9 Å². The Labute approximate surface area is 172 Å². The summed E-state index contributed by atoms with van der Waals surface area (Å²) in [4.78, 5) is 15.5. The third-order valence-electron chi connectivity index (χ3n) is 5.86. The summed E-state index contributed by atoms with van der Waals surface area (Å²) in [6.07, 6.45) is 1.17. The van der Waals surface area contributed by atoms with Gasteiger partial charge in [-0.2, -0.15) is 0 Å². The van der Waals surface area contributed by atoms with Gasteiger partial charge in [0.1, 0.15) is 0 Å². The first-order valence-electron chi connectivity index (χ1n) is 9.23. The minimum atomic E-state index is -3.27. The van der Waals surface area contributed by atoms with Gasteiger partial charge < -0.3 is 10.2 Å². The summed E-state index contributed by atoms with van der Waals surface area (Å²) in [7, 11) is -3.27. The number of rotatable bonds is 3. The van der Waals surface area contributed by atoms with Crippen LogP contribution in [-0.4, -0.2) is 45.1 Å². The molecule has 0 saturated carbocycles. The molecule has 0 radical (unpaired) electrons. The van der Waals surface area contributed by atoms with Crippen LogP contribution in [0.3, 0.4) is 0 Å². The third kappa shape index (κ3) is 3.69. The van der Waals surface area contributed by atoms with Crippen molar-refractivity contribution in [1.29, 1.82) is 0 Å². The van der Waals surface area contributed by atoms with Gasteiger partial charge in [-0.15, -0.1) is 12.4 Å². The predicted octanol–water partition coefficient (Wildman–Crippen LogP) is 2.85. The fourth-order valence-electron chi connectivity index (χ4n) is 4.46. The Hall–Kier alpha value is -1.89. The monoisotopic (exact) mass is 420 g/mol. The number of carbonyl (C=O) groups is 1. The molecule has 150 valence electrons. The Bertz CT molecular complexity index is 975. The van der Waals surface area contributed by atoms with Crippen molar-refractivity contribution in [2.24, 2.45) is 11.8 Å². The summed E-state index contributed by atoms with van der Waals surface area (Å²) in [5, 5.41) is 3.46. The van der Waals surface area contributed by atoms with Gasteiger partial charge in [-0.05, 0) is 48.2 Å². The van der Waals surface area contributed by atoms with Crippen LogP contribution in [0, 0.1) is 18.8 Å². The van der Waals surface area contributed by atoms with Gasteiger partial charge in [0, 0.05) is 37.4 Å². The van der Waals surface area contributed by atoms with Crippen LogP contribution in [0.15, 0.2) is 53.4 Å². The zero-order valence-corrected chi connectivity index (χ0v) is 17.6. The van der Waals surface area contributed by atoms with Crippen molar-refractivity contribution in [3.8, 4) is 0 Å². The van der Waals surface area contributed by atoms with Crippen LogP contribution in [-0.2, 0) is 9.84 Å². The number of hydrogen-bond acceptors (Lipinski definition) is 4. The lowest BCUT2D eigenvalue weighted by atomic mass is 9.87. The molecule has 2 aromatic carbocycles. The van der Waals surface area contributed by atoms with E-state index in [4.69, 9.17) is 0 Å². The highest BCUT2D eigenvalue weighted by Gasteiger charge is 2.47. The van der Waals surface area contributed by atoms with Crippen molar-refractivity contribution in [1.82, 2.24) is 10.2 Å². The van der Waals surface area contributed by atoms with Crippen molar-refractivity contribution < 1.29 is 13.2 Å². The fourth-order valence-corrected chi connectivity index (χ4v) is 5.09. The molecule has 28 heavy (non-hydrogen) atoms. The fraction of sp³-hybridized carbons (Fsp3) is 0.381. The Balaban J connectivity index is 0.00000225. The molecule has 4 rings (SSSR count). The van der Waals surface area contributed by atoms with Gasteiger partial charge in [0.2, 0.25) is 0 Å². The second-order valence-corrected chi connectivity index (χ2v) is 9.65. The van der Waals surface area contributed by atoms with Gasteiger partial charge in [0.15, 0.2) is 9.84 Å². The molecule has 3 atom stereocenters. The Morgan fingerprint density at radius 3 is 2.39 bits per heavy atom. The van der Waals surface area contributed by atoms with Gasteiger partial charge in [-0.25, -0.2) is 8.42 Å². The normalized spacial score (nSPS) is 23.9. The van der Waals surface area contributed by atoms with E-state index in [0.717, 1.165) is 19.6 Å². The average molecular weight is 421 g/mol. The zero-order chi connectivity index (χ0) is 19.2. The lowest BCUT2D eigenvalue weighted by Crippen LogP contribution is -2.35. The Morgan fingerprint density at radius 2 is 1.75 bits per heavy atom. The van der Waals surface area contributed by atoms with Crippen molar-refractivity contribution in [2.45, 2.75) is 17.9 Å². The van der Waals surface area contributed by atoms with Crippen LogP contribution in [0.25, 0.3) is 0 Å². The van der Waals surface area contributed by atoms with Gasteiger partial charge >= 0.3 is 0 Å². The Morgan fingerprint density at radius 1 is 1.07 bits per heavy atom. The molecule has 7 heteroatoms. The smallest absolute Gasteiger partial charge is 0.254 e. The maximum atomic E-state index is 13.3. The van der Waals surface area contributed by atoms with Crippen LogP contribution in [0.1, 0.15) is 27.5 Å². The van der Waals surface area contributed by atoms with Crippen LogP contribution < -0.4 is 5.32 Å². The third-order valence-corrected chi connectivity index (χ3v) is 6.99. The lowest BCUT2D eigenvalue weighted by molar-refractivity contribution is 0.0713. The van der Waals surface area contributed by atoms with Crippen LogP contribution in [0.2, 0.25) is 0 Å². The number of likely N-dealkylation sites (tertiary alicyclic amines) is 1. The molecule has 0 unspecified atom stereocenters. The number of benzene rings is 2. The number of nitrogens with zero attached hydrogens (tertiary/aromatic N) is 1. The van der Waals surface area contributed by atoms with Gasteiger partial charge in [0.25, 0.3) is 5.91 Å². The van der Waals surface area contributed by atoms with E-state index in [-0.39, 0.29) is 29.3 Å². The highest BCUT2D eigenvalue weighted by Crippen LogP contribution is 2.44. The molecule has 0 aromatic heterocycles. The largest absolute Gasteiger partial charge is 0.331 e. The first-order valence-corrected chi connectivity index (χ1v) is 11.1. The Kier molecular flexibility index (Phi) is 5.84. The second kappa shape index (κ2) is 7.85. The van der Waals surface area contributed by atoms with Gasteiger partial charge in [-0.3, -0.25) is 4.79 Å². The quantitative estimate of drug-likeness (QED) is 0.829. The molecule has 2 aliphatic rings. The summed E-state index contributed by atoms with van der Waals surface area (Å²) in [5.74, 6) is 0.830. The molecule has 2 fully saturated rings. The van der Waals surface area contributed by atoms with E-state index >= 15 is 0 Å². The average Bonchev–Trinajstić information content (AvgIpc) is 3.22. The van der Waals surface area contributed by atoms with Crippen molar-refractivity contribution >= 4 is 28.2 Å². The highest BCUT2D eigenvalue weighted by molar-refractivity contribution is 7.90. The summed E-state index contributed by atoms with van der Waals surface area (Å²) >= 11 is 0. The summed E-state index contributed by atoms with van der Waals surface area (Å²) in [6.45, 7) is 4.67. The minimum Gasteiger partial charge on any atom is -0.331 e. The maximum absolute atomic E-state index is 13.3. The second-order valence-electron chi connectivity index (χ2n) is 7.64. The van der Waals surface area contributed by atoms with Crippen molar-refractivity contribution in [3.63, 3.8) is 0 Å². The number of amides is 1. The van der Waals surface area contributed by atoms with E-state index in [1.54, 1.807) is 12.1 Å². The van der Waals surface area contributed by atoms with E-state index in [1.165, 1.54) is 29.5 Å². The first kappa shape index (κ1) is 20.8. The molecule has 2 heterocycles. The highest BCUT2D eigenvalue weighted by atomic mass is 35.5. The van der Waals surface area contributed by atoms with Crippen molar-refractivity contribution in [3.05, 3.63) is 65.2 Å². The molecule has 0 spiro atoms. The number of nitrogens with one attached hydrogen (secondary N) is 1. The lowest BCUT2D eigenvalue weighted by Gasteiger charge is -2.29. The number of aryl methyl sites for hydroxylation is 1. The van der Waals surface area contributed by atoms with E-state index in [2.05, 4.69) is 24.4 Å². The van der Waals surface area contributed by atoms with Gasteiger partial charge in [0.05, 0.1) is 10.9 Å². The molecule has 2 saturated heterocycles. The predicted molar refractivity (Wildman–Crippen MR) is 112 cm³/mol. The number of sulfone groups is 1. The minimum absolute atomic E-state index is 0. The van der Waals surface area contributed by atoms with E-state index in [9.17, 15) is 13.2 Å². The van der Waals surface area contributed by atoms with Gasteiger partial charge in [-0.1, -0.05) is 24.3 Å². The molecule has 1 N–H and O–H groups in total. The molecule has 2 aliphatic heterocycles. The number of carbonyl (C=O) groups excluding carboxylic acids is 1. The zero-order valence-electron chi connectivity index (χ0n) is 16.0. The topological polar surface area (TPSA) is 66.5 Å². The number of fused-ring (bicyclic) bond motifs is 1. The summed E-state index contributed by atoms with van der Waals surface area (Å²) in [6, 6.07) is 14.6. The molecule has 5 nitrogen and oxygen atoms in total. The van der Waals surface area contributed by atoms with Crippen LogP contribution in [0.4, 0.5) is 0 Å². The first-order chi connectivity index (χ1) is 12.9. The molecule has 1 amide bonds. The number of hydrogen-bond donors (Lipinski definition) is 1. The van der Waals surface area contributed by atoms with E-state index in [1.807, 2.05) is 17.0 Å². The SMILES string of the molecule is Cc1ccccc1[C@@H]1[C@H]2CNC[C@H]2CN1C(=O)c1ccc(S(C)(=O)=O)cc1.Cl. The molecule has 0 bridgehead atoms. The van der Waals surface area contributed by atoms with Crippen LogP contribution in [0.5, 0.6) is 0 Å². The molecular weight excluding hydrogens is 396 g/mol.